The summed E-state index contributed by atoms with van der Waals surface area (Å²) in [6.45, 7) is 5.14. The van der Waals surface area contributed by atoms with Crippen molar-refractivity contribution in [3.8, 4) is 0 Å². The monoisotopic (exact) mass is 369 g/mol. The number of guanidine groups is 1. The number of carbonyl (C=O) groups excluding carboxylic acids is 1. The number of hydrogen-bond donors (Lipinski definition) is 3. The average Bonchev–Trinajstić information content (AvgIpc) is 3.37. The van der Waals surface area contributed by atoms with Gasteiger partial charge >= 0.3 is 0 Å². The quantitative estimate of drug-likeness (QED) is 0.411. The van der Waals surface area contributed by atoms with Crippen LogP contribution in [-0.4, -0.2) is 51.1 Å². The Balaban J connectivity index is 1.39. The smallest absolute Gasteiger partial charge is 0.287 e. The highest BCUT2D eigenvalue weighted by Crippen LogP contribution is 2.20. The highest BCUT2D eigenvalue weighted by atomic mass is 16.3. The first kappa shape index (κ1) is 18.8. The molecule has 144 valence electrons. The number of hydrogen-bond acceptors (Lipinski definition) is 4. The van der Waals surface area contributed by atoms with Gasteiger partial charge in [0.15, 0.2) is 11.7 Å². The number of nitrogens with one attached hydrogen (secondary N) is 3. The van der Waals surface area contributed by atoms with Crippen LogP contribution in [0.4, 0.5) is 5.69 Å². The summed E-state index contributed by atoms with van der Waals surface area (Å²) in [6.07, 6.45) is 2.55. The maximum Gasteiger partial charge on any atom is 0.287 e. The summed E-state index contributed by atoms with van der Waals surface area (Å²) in [4.78, 5) is 18.5. The van der Waals surface area contributed by atoms with E-state index in [2.05, 4.69) is 57.0 Å². The molecule has 1 fully saturated rings. The molecule has 27 heavy (non-hydrogen) atoms. The Hall–Kier alpha value is -2.96. The summed E-state index contributed by atoms with van der Waals surface area (Å²) in [5, 5.41) is 9.50. The fourth-order valence-electron chi connectivity index (χ4n) is 3.11. The zero-order chi connectivity index (χ0) is 19.1. The molecule has 1 saturated heterocycles. The molecule has 1 unspecified atom stereocenters. The number of amides is 1. The summed E-state index contributed by atoms with van der Waals surface area (Å²) in [6, 6.07) is 12.3. The zero-order valence-electron chi connectivity index (χ0n) is 15.9. The van der Waals surface area contributed by atoms with Crippen LogP contribution in [0.1, 0.15) is 22.5 Å². The molecule has 3 rings (SSSR count). The number of aliphatic imine (C=N–C) groups is 1. The molecule has 0 radical (unpaired) electrons. The lowest BCUT2D eigenvalue weighted by Gasteiger charge is -2.20. The van der Waals surface area contributed by atoms with E-state index in [1.165, 1.54) is 17.5 Å². The number of nitrogens with zero attached hydrogens (tertiary/aromatic N) is 2. The van der Waals surface area contributed by atoms with Gasteiger partial charge in [0.05, 0.1) is 6.26 Å². The van der Waals surface area contributed by atoms with Crippen LogP contribution in [0.25, 0.3) is 0 Å². The van der Waals surface area contributed by atoms with E-state index in [0.29, 0.717) is 24.9 Å². The number of rotatable bonds is 6. The lowest BCUT2D eigenvalue weighted by Crippen LogP contribution is -2.46. The van der Waals surface area contributed by atoms with Crippen molar-refractivity contribution in [1.82, 2.24) is 16.0 Å². The number of anilines is 1. The summed E-state index contributed by atoms with van der Waals surface area (Å²) in [5.41, 5.74) is 2.53. The molecule has 1 amide bonds. The van der Waals surface area contributed by atoms with Crippen LogP contribution in [0.2, 0.25) is 0 Å². The molecule has 1 atom stereocenters. The maximum atomic E-state index is 11.8. The van der Waals surface area contributed by atoms with Crippen molar-refractivity contribution in [2.45, 2.75) is 19.4 Å². The lowest BCUT2D eigenvalue weighted by molar-refractivity contribution is 0.0926. The Kier molecular flexibility index (Phi) is 6.35. The topological polar surface area (TPSA) is 81.9 Å². The second-order valence-corrected chi connectivity index (χ2v) is 6.64. The third-order valence-corrected chi connectivity index (χ3v) is 4.60. The van der Waals surface area contributed by atoms with Crippen LogP contribution >= 0.6 is 0 Å². The minimum absolute atomic E-state index is 0.214. The SMILES string of the molecule is CN=C(NCCNC(=O)c1ccco1)NC1CCN(c2ccc(C)cc2)C1. The molecule has 7 nitrogen and oxygen atoms in total. The standard InChI is InChI=1S/C20H27N5O2/c1-15-5-7-17(8-6-15)25-12-9-16(14-25)24-20(21-2)23-11-10-22-19(26)18-4-3-13-27-18/h3-8,13,16H,9-12,14H2,1-2H3,(H,22,26)(H2,21,23,24). The van der Waals surface area contributed by atoms with E-state index < -0.39 is 0 Å². The molecule has 0 spiro atoms. The Labute approximate surface area is 159 Å². The van der Waals surface area contributed by atoms with Crippen molar-refractivity contribution in [2.75, 3.05) is 38.1 Å². The summed E-state index contributed by atoms with van der Waals surface area (Å²) in [7, 11) is 1.75. The van der Waals surface area contributed by atoms with Gasteiger partial charge < -0.3 is 25.3 Å². The van der Waals surface area contributed by atoms with Gasteiger partial charge in [-0.15, -0.1) is 0 Å². The van der Waals surface area contributed by atoms with Gasteiger partial charge in [-0.1, -0.05) is 17.7 Å². The fraction of sp³-hybridized carbons (Fsp3) is 0.400. The second kappa shape index (κ2) is 9.12. The summed E-state index contributed by atoms with van der Waals surface area (Å²) in [5.74, 6) is 0.854. The molecular formula is C20H27N5O2. The number of furan rings is 1. The highest BCUT2D eigenvalue weighted by Gasteiger charge is 2.23. The molecule has 3 N–H and O–H groups in total. The van der Waals surface area contributed by atoms with Crippen LogP contribution in [0.3, 0.4) is 0 Å². The van der Waals surface area contributed by atoms with Gasteiger partial charge in [0, 0.05) is 45.0 Å². The van der Waals surface area contributed by atoms with Crippen LogP contribution < -0.4 is 20.9 Å². The second-order valence-electron chi connectivity index (χ2n) is 6.64. The van der Waals surface area contributed by atoms with Crippen molar-refractivity contribution in [3.05, 3.63) is 54.0 Å². The zero-order valence-corrected chi connectivity index (χ0v) is 15.9. The van der Waals surface area contributed by atoms with E-state index in [-0.39, 0.29) is 5.91 Å². The van der Waals surface area contributed by atoms with Gasteiger partial charge in [0.2, 0.25) is 0 Å². The van der Waals surface area contributed by atoms with Gasteiger partial charge in [0.25, 0.3) is 5.91 Å². The Morgan fingerprint density at radius 3 is 2.70 bits per heavy atom. The minimum Gasteiger partial charge on any atom is -0.459 e. The normalized spacial score (nSPS) is 17.0. The number of aryl methyl sites for hydroxylation is 1. The van der Waals surface area contributed by atoms with Gasteiger partial charge in [-0.2, -0.15) is 0 Å². The first-order valence-corrected chi connectivity index (χ1v) is 9.26. The van der Waals surface area contributed by atoms with Crippen LogP contribution in [0, 0.1) is 6.92 Å². The van der Waals surface area contributed by atoms with Crippen molar-refractivity contribution in [1.29, 1.82) is 0 Å². The largest absolute Gasteiger partial charge is 0.459 e. The molecule has 1 aromatic heterocycles. The Bertz CT molecular complexity index is 755. The van der Waals surface area contributed by atoms with E-state index in [1.807, 2.05) is 0 Å². The Morgan fingerprint density at radius 2 is 2.00 bits per heavy atom. The fourth-order valence-corrected chi connectivity index (χ4v) is 3.11. The Morgan fingerprint density at radius 1 is 1.22 bits per heavy atom. The molecule has 0 bridgehead atoms. The van der Waals surface area contributed by atoms with E-state index in [4.69, 9.17) is 4.42 Å². The molecule has 1 aromatic carbocycles. The predicted molar refractivity (Wildman–Crippen MR) is 107 cm³/mol. The van der Waals surface area contributed by atoms with Crippen molar-refractivity contribution < 1.29 is 9.21 Å². The van der Waals surface area contributed by atoms with Crippen molar-refractivity contribution >= 4 is 17.6 Å². The highest BCUT2D eigenvalue weighted by molar-refractivity contribution is 5.91. The molecule has 0 saturated carbocycles. The van der Waals surface area contributed by atoms with Gasteiger partial charge in [0.1, 0.15) is 0 Å². The molecule has 2 aromatic rings. The van der Waals surface area contributed by atoms with E-state index in [0.717, 1.165) is 25.5 Å². The minimum atomic E-state index is -0.214. The molecule has 0 aliphatic carbocycles. The van der Waals surface area contributed by atoms with Crippen LogP contribution in [-0.2, 0) is 0 Å². The van der Waals surface area contributed by atoms with Gasteiger partial charge in [-0.25, -0.2) is 0 Å². The molecule has 2 heterocycles. The molecular weight excluding hydrogens is 342 g/mol. The predicted octanol–water partition coefficient (Wildman–Crippen LogP) is 1.76. The van der Waals surface area contributed by atoms with E-state index in [1.54, 1.807) is 19.2 Å². The summed E-state index contributed by atoms with van der Waals surface area (Å²) >= 11 is 0. The maximum absolute atomic E-state index is 11.8. The molecule has 7 heteroatoms. The van der Waals surface area contributed by atoms with Gasteiger partial charge in [-0.3, -0.25) is 9.79 Å². The van der Waals surface area contributed by atoms with Crippen LogP contribution in [0.15, 0.2) is 52.1 Å². The van der Waals surface area contributed by atoms with Crippen molar-refractivity contribution in [2.24, 2.45) is 4.99 Å². The first-order valence-electron chi connectivity index (χ1n) is 9.26. The molecule has 1 aliphatic heterocycles. The third kappa shape index (κ3) is 5.26. The third-order valence-electron chi connectivity index (χ3n) is 4.60. The van der Waals surface area contributed by atoms with Gasteiger partial charge in [-0.05, 0) is 37.6 Å². The number of benzene rings is 1. The average molecular weight is 369 g/mol. The van der Waals surface area contributed by atoms with E-state index in [9.17, 15) is 4.79 Å². The lowest BCUT2D eigenvalue weighted by atomic mass is 10.2. The van der Waals surface area contributed by atoms with E-state index >= 15 is 0 Å². The first-order chi connectivity index (χ1) is 13.2. The van der Waals surface area contributed by atoms with Crippen molar-refractivity contribution in [3.63, 3.8) is 0 Å². The summed E-state index contributed by atoms with van der Waals surface area (Å²) < 4.78 is 5.06. The molecule has 1 aliphatic rings. The van der Waals surface area contributed by atoms with Crippen LogP contribution in [0.5, 0.6) is 0 Å². The number of carbonyl (C=O) groups is 1.